The molecular weight excluding hydrogens is 342 g/mol. The molecule has 25 heavy (non-hydrogen) atoms. The van der Waals surface area contributed by atoms with Crippen LogP contribution in [0.2, 0.25) is 0 Å². The number of carbonyl (C=O) groups is 1. The number of aromatic carboxylic acids is 1. The van der Waals surface area contributed by atoms with Crippen molar-refractivity contribution in [1.29, 1.82) is 0 Å². The van der Waals surface area contributed by atoms with Gasteiger partial charge in [0.1, 0.15) is 5.75 Å². The first-order valence-corrected chi connectivity index (χ1v) is 8.61. The van der Waals surface area contributed by atoms with Gasteiger partial charge in [0.25, 0.3) is 0 Å². The lowest BCUT2D eigenvalue weighted by molar-refractivity contribution is 0.0696. The van der Waals surface area contributed by atoms with Crippen LogP contribution < -0.4 is 4.74 Å². The van der Waals surface area contributed by atoms with Crippen LogP contribution in [0.3, 0.4) is 0 Å². The summed E-state index contributed by atoms with van der Waals surface area (Å²) < 4.78 is 7.46. The third kappa shape index (κ3) is 2.90. The Morgan fingerprint density at radius 2 is 2.24 bits per heavy atom. The summed E-state index contributed by atoms with van der Waals surface area (Å²) >= 11 is 1.20. The van der Waals surface area contributed by atoms with Gasteiger partial charge >= 0.3 is 5.97 Å². The summed E-state index contributed by atoms with van der Waals surface area (Å²) in [5.41, 5.74) is 3.32. The minimum absolute atomic E-state index is 0.0271. The zero-order valence-corrected chi connectivity index (χ0v) is 14.0. The highest BCUT2D eigenvalue weighted by Gasteiger charge is 2.23. The van der Waals surface area contributed by atoms with Gasteiger partial charge in [0.05, 0.1) is 31.6 Å². The van der Waals surface area contributed by atoms with E-state index < -0.39 is 5.97 Å². The van der Waals surface area contributed by atoms with Crippen molar-refractivity contribution in [3.05, 3.63) is 40.5 Å². The maximum absolute atomic E-state index is 11.3. The molecule has 0 spiro atoms. The number of nitrogens with zero attached hydrogens (tertiary/aromatic N) is 3. The summed E-state index contributed by atoms with van der Waals surface area (Å²) in [4.78, 5) is 16.5. The summed E-state index contributed by atoms with van der Waals surface area (Å²) in [7, 11) is 0. The van der Waals surface area contributed by atoms with E-state index in [0.717, 1.165) is 21.6 Å². The second-order valence-electron chi connectivity index (χ2n) is 5.62. The fourth-order valence-corrected chi connectivity index (χ4v) is 3.73. The Kier molecular flexibility index (Phi) is 3.98. The molecule has 0 unspecified atom stereocenters. The smallest absolute Gasteiger partial charge is 0.365 e. The molecule has 7 nitrogen and oxygen atoms in total. The predicted molar refractivity (Wildman–Crippen MR) is 92.0 cm³/mol. The monoisotopic (exact) mass is 357 g/mol. The van der Waals surface area contributed by atoms with Crippen LogP contribution in [0.4, 0.5) is 0 Å². The third-order valence-corrected chi connectivity index (χ3v) is 5.10. The highest BCUT2D eigenvalue weighted by molar-refractivity contribution is 7.14. The molecule has 0 saturated carbocycles. The molecule has 4 rings (SSSR count). The SMILES string of the molecule is O=C(O)c1nc2c(s1)CCOc1ccc(-c3cnn(CCO)c3)cc1-2. The molecular formula is C17H15N3O4S. The largest absolute Gasteiger partial charge is 0.493 e. The van der Waals surface area contributed by atoms with Gasteiger partial charge in [-0.15, -0.1) is 11.3 Å². The number of carboxylic acids is 1. The van der Waals surface area contributed by atoms with Gasteiger partial charge in [0.2, 0.25) is 5.01 Å². The number of benzene rings is 1. The van der Waals surface area contributed by atoms with E-state index in [1.807, 2.05) is 24.4 Å². The van der Waals surface area contributed by atoms with Crippen molar-refractivity contribution in [1.82, 2.24) is 14.8 Å². The molecule has 3 aromatic rings. The van der Waals surface area contributed by atoms with E-state index in [9.17, 15) is 9.90 Å². The van der Waals surface area contributed by atoms with Crippen LogP contribution in [0.15, 0.2) is 30.6 Å². The molecule has 0 fully saturated rings. The summed E-state index contributed by atoms with van der Waals surface area (Å²) in [5, 5.41) is 22.6. The molecule has 8 heteroatoms. The maximum Gasteiger partial charge on any atom is 0.365 e. The third-order valence-electron chi connectivity index (χ3n) is 4.00. The van der Waals surface area contributed by atoms with Crippen LogP contribution >= 0.6 is 11.3 Å². The van der Waals surface area contributed by atoms with Crippen LogP contribution in [0.25, 0.3) is 22.4 Å². The van der Waals surface area contributed by atoms with Crippen LogP contribution in [0, 0.1) is 0 Å². The van der Waals surface area contributed by atoms with E-state index in [1.165, 1.54) is 11.3 Å². The number of aliphatic hydroxyl groups excluding tert-OH is 1. The molecule has 2 N–H and O–H groups in total. The topological polar surface area (TPSA) is 97.5 Å². The highest BCUT2D eigenvalue weighted by Crippen LogP contribution is 2.39. The Morgan fingerprint density at radius 1 is 1.36 bits per heavy atom. The van der Waals surface area contributed by atoms with Gasteiger partial charge in [-0.3, -0.25) is 4.68 Å². The number of fused-ring (bicyclic) bond motifs is 3. The van der Waals surface area contributed by atoms with Crippen molar-refractivity contribution in [3.63, 3.8) is 0 Å². The van der Waals surface area contributed by atoms with Gasteiger partial charge in [-0.1, -0.05) is 6.07 Å². The van der Waals surface area contributed by atoms with Crippen molar-refractivity contribution in [2.24, 2.45) is 0 Å². The van der Waals surface area contributed by atoms with Crippen LogP contribution in [-0.2, 0) is 13.0 Å². The first-order valence-electron chi connectivity index (χ1n) is 7.79. The Hall–Kier alpha value is -2.71. The fraction of sp³-hybridized carbons (Fsp3) is 0.235. The van der Waals surface area contributed by atoms with E-state index in [1.54, 1.807) is 10.9 Å². The van der Waals surface area contributed by atoms with Crippen molar-refractivity contribution < 1.29 is 19.7 Å². The Bertz CT molecular complexity index is 947. The number of rotatable bonds is 4. The molecule has 1 aromatic carbocycles. The average molecular weight is 357 g/mol. The number of hydrogen-bond donors (Lipinski definition) is 2. The average Bonchev–Trinajstić information content (AvgIpc) is 3.20. The molecule has 0 aliphatic carbocycles. The number of aliphatic hydroxyl groups is 1. The summed E-state index contributed by atoms with van der Waals surface area (Å²) in [6.45, 7) is 0.959. The Balaban J connectivity index is 1.80. The zero-order valence-electron chi connectivity index (χ0n) is 13.2. The molecule has 0 atom stereocenters. The molecule has 2 aromatic heterocycles. The lowest BCUT2D eigenvalue weighted by Crippen LogP contribution is -2.01. The second-order valence-corrected chi connectivity index (χ2v) is 6.70. The molecule has 1 aliphatic rings. The lowest BCUT2D eigenvalue weighted by Gasteiger charge is -2.08. The van der Waals surface area contributed by atoms with Gasteiger partial charge in [-0.2, -0.15) is 5.10 Å². The molecule has 0 saturated heterocycles. The second kappa shape index (κ2) is 6.30. The van der Waals surface area contributed by atoms with Crippen molar-refractivity contribution >= 4 is 17.3 Å². The van der Waals surface area contributed by atoms with E-state index in [4.69, 9.17) is 9.84 Å². The van der Waals surface area contributed by atoms with Gasteiger partial charge in [0, 0.05) is 28.6 Å². The molecule has 0 radical (unpaired) electrons. The number of ether oxygens (including phenoxy) is 1. The molecule has 0 bridgehead atoms. The minimum Gasteiger partial charge on any atom is -0.493 e. The van der Waals surface area contributed by atoms with E-state index >= 15 is 0 Å². The van der Waals surface area contributed by atoms with E-state index in [2.05, 4.69) is 10.1 Å². The quantitative estimate of drug-likeness (QED) is 0.744. The highest BCUT2D eigenvalue weighted by atomic mass is 32.1. The molecule has 128 valence electrons. The standard InChI is InChI=1S/C17H15N3O4S/c21-5-4-20-9-11(8-18-20)10-1-2-13-12(7-10)15-14(3-6-24-13)25-16(19-15)17(22)23/h1-2,7-9,21H,3-6H2,(H,22,23). The van der Waals surface area contributed by atoms with Crippen LogP contribution in [0.5, 0.6) is 5.75 Å². The molecule has 0 amide bonds. The van der Waals surface area contributed by atoms with Crippen molar-refractivity contribution in [3.8, 4) is 28.1 Å². The Morgan fingerprint density at radius 3 is 3.04 bits per heavy atom. The number of hydrogen-bond acceptors (Lipinski definition) is 6. The number of thiazole rings is 1. The van der Waals surface area contributed by atoms with Crippen molar-refractivity contribution in [2.45, 2.75) is 13.0 Å². The lowest BCUT2D eigenvalue weighted by atomic mass is 10.0. The molecule has 1 aliphatic heterocycles. The first-order chi connectivity index (χ1) is 12.2. The number of aromatic nitrogens is 3. The first kappa shape index (κ1) is 15.8. The predicted octanol–water partition coefficient (Wildman–Crippen LogP) is 2.30. The summed E-state index contributed by atoms with van der Waals surface area (Å²) in [6, 6.07) is 5.77. The zero-order chi connectivity index (χ0) is 17.4. The fourth-order valence-electron chi connectivity index (χ4n) is 2.83. The summed E-state index contributed by atoms with van der Waals surface area (Å²) in [5.74, 6) is -0.311. The maximum atomic E-state index is 11.3. The van der Waals surface area contributed by atoms with Crippen molar-refractivity contribution in [2.75, 3.05) is 13.2 Å². The number of carboxylic acid groups (broad SMARTS) is 1. The van der Waals surface area contributed by atoms with E-state index in [-0.39, 0.29) is 11.6 Å². The van der Waals surface area contributed by atoms with Gasteiger partial charge in [0.15, 0.2) is 0 Å². The van der Waals surface area contributed by atoms with Gasteiger partial charge in [-0.05, 0) is 17.7 Å². The Labute approximate surface area is 147 Å². The normalized spacial score (nSPS) is 12.8. The van der Waals surface area contributed by atoms with Crippen LogP contribution in [-0.4, -0.2) is 44.2 Å². The molecule has 3 heterocycles. The van der Waals surface area contributed by atoms with Gasteiger partial charge in [-0.25, -0.2) is 9.78 Å². The summed E-state index contributed by atoms with van der Waals surface area (Å²) in [6.07, 6.45) is 4.23. The van der Waals surface area contributed by atoms with E-state index in [0.29, 0.717) is 31.0 Å². The van der Waals surface area contributed by atoms with Gasteiger partial charge < -0.3 is 14.9 Å². The van der Waals surface area contributed by atoms with Crippen LogP contribution in [0.1, 0.15) is 14.7 Å². The minimum atomic E-state index is -1.01.